The van der Waals surface area contributed by atoms with Crippen LogP contribution in [-0.4, -0.2) is 16.8 Å². The largest absolute Gasteiger partial charge is 0.312 e. The third-order valence-electron chi connectivity index (χ3n) is 2.26. The monoisotopic (exact) mass is 162 g/mol. The van der Waals surface area contributed by atoms with E-state index >= 15 is 0 Å². The van der Waals surface area contributed by atoms with Gasteiger partial charge in [-0.15, -0.1) is 0 Å². The molecule has 2 heterocycles. The first-order valence-electron chi connectivity index (χ1n) is 4.00. The quantitative estimate of drug-likeness (QED) is 0.651. The van der Waals surface area contributed by atoms with Crippen molar-refractivity contribution in [3.8, 4) is 6.07 Å². The molecular formula is C8H10N4. The highest BCUT2D eigenvalue weighted by molar-refractivity contribution is 5.25. The van der Waals surface area contributed by atoms with E-state index in [1.807, 2.05) is 23.9 Å². The van der Waals surface area contributed by atoms with Crippen molar-refractivity contribution in [1.29, 1.82) is 5.26 Å². The molecule has 12 heavy (non-hydrogen) atoms. The second-order valence-electron chi connectivity index (χ2n) is 2.92. The van der Waals surface area contributed by atoms with Gasteiger partial charge >= 0.3 is 0 Å². The molecule has 4 heteroatoms. The first kappa shape index (κ1) is 7.32. The van der Waals surface area contributed by atoms with Crippen LogP contribution < -0.4 is 5.32 Å². The first-order chi connectivity index (χ1) is 5.85. The number of aryl methyl sites for hydroxylation is 1. The fourth-order valence-electron chi connectivity index (χ4n) is 1.64. The van der Waals surface area contributed by atoms with Crippen LogP contribution >= 0.6 is 0 Å². The lowest BCUT2D eigenvalue weighted by Gasteiger charge is -2.04. The third-order valence-corrected chi connectivity index (χ3v) is 2.26. The Morgan fingerprint density at radius 2 is 2.67 bits per heavy atom. The van der Waals surface area contributed by atoms with Gasteiger partial charge in [-0.3, -0.25) is 4.68 Å². The highest BCUT2D eigenvalue weighted by Crippen LogP contribution is 2.24. The summed E-state index contributed by atoms with van der Waals surface area (Å²) in [5.74, 6) is 0. The second kappa shape index (κ2) is 2.61. The van der Waals surface area contributed by atoms with Crippen LogP contribution in [0.2, 0.25) is 0 Å². The highest BCUT2D eigenvalue weighted by Gasteiger charge is 2.22. The van der Waals surface area contributed by atoms with Gasteiger partial charge in [0.2, 0.25) is 0 Å². The van der Waals surface area contributed by atoms with Gasteiger partial charge in [0.1, 0.15) is 6.07 Å². The number of nitrogens with zero attached hydrogens (tertiary/aromatic N) is 3. The molecule has 1 aliphatic heterocycles. The Labute approximate surface area is 70.8 Å². The zero-order valence-electron chi connectivity index (χ0n) is 6.91. The standard InChI is InChI=1S/C8H10N4/c1-10-7-2-3-12-8(7)4-6(5-9)11-12/h4,7,10H,2-3H2,1H3/t7-/m1/s1. The molecule has 0 amide bonds. The van der Waals surface area contributed by atoms with Gasteiger partial charge in [0.05, 0.1) is 11.7 Å². The maximum Gasteiger partial charge on any atom is 0.162 e. The molecular weight excluding hydrogens is 152 g/mol. The molecule has 0 unspecified atom stereocenters. The summed E-state index contributed by atoms with van der Waals surface area (Å²) in [6, 6.07) is 4.27. The molecule has 1 N–H and O–H groups in total. The fourth-order valence-corrected chi connectivity index (χ4v) is 1.64. The van der Waals surface area contributed by atoms with E-state index in [1.54, 1.807) is 0 Å². The van der Waals surface area contributed by atoms with E-state index in [1.165, 1.54) is 0 Å². The molecule has 0 bridgehead atoms. The highest BCUT2D eigenvalue weighted by atomic mass is 15.3. The zero-order chi connectivity index (χ0) is 8.55. The molecule has 4 nitrogen and oxygen atoms in total. The van der Waals surface area contributed by atoms with Crippen molar-refractivity contribution in [2.75, 3.05) is 7.05 Å². The average molecular weight is 162 g/mol. The van der Waals surface area contributed by atoms with Gasteiger partial charge in [0.25, 0.3) is 0 Å². The molecule has 0 aliphatic carbocycles. The lowest BCUT2D eigenvalue weighted by atomic mass is 10.2. The van der Waals surface area contributed by atoms with E-state index in [2.05, 4.69) is 10.4 Å². The van der Waals surface area contributed by atoms with Gasteiger partial charge in [-0.25, -0.2) is 0 Å². The first-order valence-corrected chi connectivity index (χ1v) is 4.00. The molecule has 1 aromatic rings. The van der Waals surface area contributed by atoms with Crippen molar-refractivity contribution < 1.29 is 0 Å². The molecule has 0 fully saturated rings. The SMILES string of the molecule is CN[C@@H]1CCn2nc(C#N)cc21. The molecule has 1 aliphatic rings. The number of hydrogen-bond acceptors (Lipinski definition) is 3. The number of fused-ring (bicyclic) bond motifs is 1. The van der Waals surface area contributed by atoms with Crippen molar-refractivity contribution >= 4 is 0 Å². The van der Waals surface area contributed by atoms with Crippen molar-refractivity contribution in [3.63, 3.8) is 0 Å². The summed E-state index contributed by atoms with van der Waals surface area (Å²) in [5.41, 5.74) is 1.65. The Morgan fingerprint density at radius 3 is 3.33 bits per heavy atom. The summed E-state index contributed by atoms with van der Waals surface area (Å²) < 4.78 is 1.90. The van der Waals surface area contributed by atoms with Gasteiger partial charge in [0, 0.05) is 6.54 Å². The molecule has 0 saturated heterocycles. The lowest BCUT2D eigenvalue weighted by molar-refractivity contribution is 0.577. The molecule has 2 rings (SSSR count). The minimum Gasteiger partial charge on any atom is -0.312 e. The molecule has 1 aromatic heterocycles. The Bertz CT molecular complexity index is 333. The molecule has 0 saturated carbocycles. The fraction of sp³-hybridized carbons (Fsp3) is 0.500. The maximum atomic E-state index is 8.61. The van der Waals surface area contributed by atoms with Crippen LogP contribution in [0.5, 0.6) is 0 Å². The Kier molecular flexibility index (Phi) is 1.59. The summed E-state index contributed by atoms with van der Waals surface area (Å²) in [4.78, 5) is 0. The summed E-state index contributed by atoms with van der Waals surface area (Å²) in [5, 5.41) is 15.9. The summed E-state index contributed by atoms with van der Waals surface area (Å²) in [6.45, 7) is 0.919. The van der Waals surface area contributed by atoms with Crippen molar-refractivity contribution in [2.24, 2.45) is 0 Å². The van der Waals surface area contributed by atoms with E-state index < -0.39 is 0 Å². The molecule has 0 aromatic carbocycles. The molecule has 0 radical (unpaired) electrons. The third kappa shape index (κ3) is 0.908. The lowest BCUT2D eigenvalue weighted by Crippen LogP contribution is -2.12. The Hall–Kier alpha value is -1.34. The van der Waals surface area contributed by atoms with E-state index in [4.69, 9.17) is 5.26 Å². The maximum absolute atomic E-state index is 8.61. The van der Waals surface area contributed by atoms with Crippen LogP contribution in [0.25, 0.3) is 0 Å². The van der Waals surface area contributed by atoms with E-state index in [0.29, 0.717) is 11.7 Å². The van der Waals surface area contributed by atoms with Gasteiger partial charge < -0.3 is 5.32 Å². The molecule has 1 atom stereocenters. The molecule has 62 valence electrons. The number of nitrogens with one attached hydrogen (secondary N) is 1. The predicted octanol–water partition coefficient (Wildman–Crippen LogP) is 0.419. The van der Waals surface area contributed by atoms with Crippen LogP contribution in [0.15, 0.2) is 6.07 Å². The van der Waals surface area contributed by atoms with Crippen molar-refractivity contribution in [1.82, 2.24) is 15.1 Å². The van der Waals surface area contributed by atoms with Crippen LogP contribution in [-0.2, 0) is 6.54 Å². The van der Waals surface area contributed by atoms with Crippen molar-refractivity contribution in [2.45, 2.75) is 19.0 Å². The minimum atomic E-state index is 0.375. The Balaban J connectivity index is 2.39. The van der Waals surface area contributed by atoms with Gasteiger partial charge in [-0.2, -0.15) is 10.4 Å². The number of aromatic nitrogens is 2. The topological polar surface area (TPSA) is 53.6 Å². The summed E-state index contributed by atoms with van der Waals surface area (Å²) in [6.07, 6.45) is 1.07. The van der Waals surface area contributed by atoms with Crippen molar-refractivity contribution in [3.05, 3.63) is 17.5 Å². The van der Waals surface area contributed by atoms with Gasteiger partial charge in [-0.05, 0) is 19.5 Å². The van der Waals surface area contributed by atoms with Gasteiger partial charge in [-0.1, -0.05) is 0 Å². The minimum absolute atomic E-state index is 0.375. The number of hydrogen-bond donors (Lipinski definition) is 1. The van der Waals surface area contributed by atoms with Gasteiger partial charge in [0.15, 0.2) is 5.69 Å². The van der Waals surface area contributed by atoms with E-state index in [-0.39, 0.29) is 0 Å². The number of nitriles is 1. The van der Waals surface area contributed by atoms with Crippen LogP contribution in [0.1, 0.15) is 23.9 Å². The van der Waals surface area contributed by atoms with E-state index in [0.717, 1.165) is 18.7 Å². The van der Waals surface area contributed by atoms with Crippen LogP contribution in [0.3, 0.4) is 0 Å². The molecule has 0 spiro atoms. The normalized spacial score (nSPS) is 20.5. The van der Waals surface area contributed by atoms with Crippen LogP contribution in [0.4, 0.5) is 0 Å². The predicted molar refractivity (Wildman–Crippen MR) is 43.4 cm³/mol. The zero-order valence-corrected chi connectivity index (χ0v) is 6.91. The average Bonchev–Trinajstić information content (AvgIpc) is 2.61. The smallest absolute Gasteiger partial charge is 0.162 e. The summed E-state index contributed by atoms with van der Waals surface area (Å²) in [7, 11) is 1.93. The van der Waals surface area contributed by atoms with E-state index in [9.17, 15) is 0 Å². The Morgan fingerprint density at radius 1 is 1.83 bits per heavy atom. The van der Waals surface area contributed by atoms with Crippen LogP contribution in [0, 0.1) is 11.3 Å². The second-order valence-corrected chi connectivity index (χ2v) is 2.92. The number of rotatable bonds is 1. The summed E-state index contributed by atoms with van der Waals surface area (Å²) >= 11 is 0.